The summed E-state index contributed by atoms with van der Waals surface area (Å²) in [5, 5.41) is 0. The van der Waals surface area contributed by atoms with Gasteiger partial charge in [0.15, 0.2) is 0 Å². The molecule has 23 heavy (non-hydrogen) atoms. The monoisotopic (exact) mass is 320 g/mol. The number of aldehydes is 1. The fourth-order valence-corrected chi connectivity index (χ4v) is 2.26. The Morgan fingerprint density at radius 2 is 1.61 bits per heavy atom. The summed E-state index contributed by atoms with van der Waals surface area (Å²) in [5.41, 5.74) is 0.610. The molecule has 0 unspecified atom stereocenters. The first kappa shape index (κ1) is 19.2. The Hall–Kier alpha value is -1.84. The van der Waals surface area contributed by atoms with E-state index >= 15 is 0 Å². The van der Waals surface area contributed by atoms with Crippen molar-refractivity contribution in [2.45, 2.75) is 58.3 Å². The first-order chi connectivity index (χ1) is 11.3. The highest BCUT2D eigenvalue weighted by molar-refractivity contribution is 5.74. The van der Waals surface area contributed by atoms with Crippen LogP contribution >= 0.6 is 0 Å². The van der Waals surface area contributed by atoms with Gasteiger partial charge in [-0.05, 0) is 30.7 Å². The van der Waals surface area contributed by atoms with Gasteiger partial charge >= 0.3 is 5.97 Å². The highest BCUT2D eigenvalue weighted by atomic mass is 16.6. The van der Waals surface area contributed by atoms with Gasteiger partial charge in [0.25, 0.3) is 0 Å². The van der Waals surface area contributed by atoms with E-state index in [2.05, 4.69) is 6.92 Å². The number of carbonyl (C=O) groups excluding carboxylic acids is 2. The lowest BCUT2D eigenvalue weighted by Crippen LogP contribution is -2.12. The van der Waals surface area contributed by atoms with Crippen LogP contribution < -0.4 is 4.74 Å². The molecular formula is C19H28O4. The molecule has 0 aliphatic rings. The lowest BCUT2D eigenvalue weighted by molar-refractivity contribution is -0.144. The average Bonchev–Trinajstić information content (AvgIpc) is 2.58. The minimum Gasteiger partial charge on any atom is -0.490 e. The number of hydrogen-bond donors (Lipinski definition) is 0. The lowest BCUT2D eigenvalue weighted by atomic mass is 10.1. The van der Waals surface area contributed by atoms with E-state index in [-0.39, 0.29) is 12.6 Å². The summed E-state index contributed by atoms with van der Waals surface area (Å²) in [4.78, 5) is 22.1. The van der Waals surface area contributed by atoms with Gasteiger partial charge < -0.3 is 9.47 Å². The Bertz CT molecular complexity index is 439. The fraction of sp³-hybridized carbons (Fsp3) is 0.579. The number of ether oxygens (including phenoxy) is 2. The third kappa shape index (κ3) is 9.72. The van der Waals surface area contributed by atoms with E-state index in [1.165, 1.54) is 32.1 Å². The molecule has 4 nitrogen and oxygen atoms in total. The topological polar surface area (TPSA) is 52.6 Å². The molecule has 128 valence electrons. The van der Waals surface area contributed by atoms with Crippen molar-refractivity contribution < 1.29 is 19.1 Å². The van der Waals surface area contributed by atoms with Crippen molar-refractivity contribution in [1.29, 1.82) is 0 Å². The normalized spacial score (nSPS) is 10.3. The highest BCUT2D eigenvalue weighted by Gasteiger charge is 2.03. The van der Waals surface area contributed by atoms with Gasteiger partial charge in [0, 0.05) is 12.0 Å². The smallest absolute Gasteiger partial charge is 0.305 e. The molecule has 0 heterocycles. The van der Waals surface area contributed by atoms with Gasteiger partial charge in [0.2, 0.25) is 0 Å². The van der Waals surface area contributed by atoms with E-state index < -0.39 is 0 Å². The predicted molar refractivity (Wildman–Crippen MR) is 90.9 cm³/mol. The standard InChI is InChI=1S/C19H28O4/c1-2-3-4-5-6-7-8-9-19(21)23-15-14-22-18-12-10-17(16-20)11-13-18/h10-13,16H,2-9,14-15H2,1H3. The van der Waals surface area contributed by atoms with Crippen LogP contribution in [0.25, 0.3) is 0 Å². The summed E-state index contributed by atoms with van der Waals surface area (Å²) < 4.78 is 10.6. The van der Waals surface area contributed by atoms with Gasteiger partial charge in [-0.25, -0.2) is 0 Å². The zero-order chi connectivity index (χ0) is 16.8. The van der Waals surface area contributed by atoms with Gasteiger partial charge in [0.05, 0.1) is 0 Å². The van der Waals surface area contributed by atoms with Gasteiger partial charge in [-0.1, -0.05) is 45.4 Å². The molecule has 1 aromatic rings. The van der Waals surface area contributed by atoms with Crippen LogP contribution in [0.4, 0.5) is 0 Å². The molecule has 0 saturated heterocycles. The highest BCUT2D eigenvalue weighted by Crippen LogP contribution is 2.11. The molecule has 0 spiro atoms. The fourth-order valence-electron chi connectivity index (χ4n) is 2.26. The minimum atomic E-state index is -0.154. The minimum absolute atomic E-state index is 0.154. The molecule has 0 N–H and O–H groups in total. The van der Waals surface area contributed by atoms with Crippen LogP contribution in [0.5, 0.6) is 5.75 Å². The summed E-state index contributed by atoms with van der Waals surface area (Å²) >= 11 is 0. The van der Waals surface area contributed by atoms with Gasteiger partial charge in [-0.3, -0.25) is 9.59 Å². The maximum atomic E-state index is 11.6. The Balaban J connectivity index is 1.98. The molecule has 0 atom stereocenters. The van der Waals surface area contributed by atoms with E-state index in [9.17, 15) is 9.59 Å². The van der Waals surface area contributed by atoms with E-state index in [0.29, 0.717) is 24.3 Å². The average molecular weight is 320 g/mol. The van der Waals surface area contributed by atoms with Crippen molar-refractivity contribution in [2.24, 2.45) is 0 Å². The summed E-state index contributed by atoms with van der Waals surface area (Å²) in [6.45, 7) is 2.79. The van der Waals surface area contributed by atoms with Crippen LogP contribution in [0.2, 0.25) is 0 Å². The zero-order valence-corrected chi connectivity index (χ0v) is 14.1. The maximum Gasteiger partial charge on any atom is 0.305 e. The third-order valence-corrected chi connectivity index (χ3v) is 3.62. The Kier molecular flexibility index (Phi) is 10.6. The molecule has 4 heteroatoms. The maximum absolute atomic E-state index is 11.6. The van der Waals surface area contributed by atoms with Crippen molar-refractivity contribution in [1.82, 2.24) is 0 Å². The van der Waals surface area contributed by atoms with Crippen LogP contribution in [-0.2, 0) is 9.53 Å². The molecule has 0 aliphatic heterocycles. The Morgan fingerprint density at radius 3 is 2.26 bits per heavy atom. The van der Waals surface area contributed by atoms with E-state index in [1.54, 1.807) is 24.3 Å². The molecule has 1 aromatic carbocycles. The van der Waals surface area contributed by atoms with E-state index in [4.69, 9.17) is 9.47 Å². The molecule has 0 amide bonds. The van der Waals surface area contributed by atoms with Crippen molar-refractivity contribution in [2.75, 3.05) is 13.2 Å². The third-order valence-electron chi connectivity index (χ3n) is 3.62. The van der Waals surface area contributed by atoms with Crippen LogP contribution in [0.15, 0.2) is 24.3 Å². The summed E-state index contributed by atoms with van der Waals surface area (Å²) in [5.74, 6) is 0.511. The summed E-state index contributed by atoms with van der Waals surface area (Å²) in [6, 6.07) is 6.83. The first-order valence-corrected chi connectivity index (χ1v) is 8.60. The molecule has 0 radical (unpaired) electrons. The number of hydrogen-bond acceptors (Lipinski definition) is 4. The molecule has 0 aliphatic carbocycles. The second-order valence-corrected chi connectivity index (χ2v) is 5.63. The molecule has 1 rings (SSSR count). The molecule has 0 saturated carbocycles. The lowest BCUT2D eigenvalue weighted by Gasteiger charge is -2.07. The van der Waals surface area contributed by atoms with Gasteiger partial charge in [-0.2, -0.15) is 0 Å². The van der Waals surface area contributed by atoms with Gasteiger partial charge in [-0.15, -0.1) is 0 Å². The van der Waals surface area contributed by atoms with Gasteiger partial charge in [0.1, 0.15) is 25.2 Å². The SMILES string of the molecule is CCCCCCCCCC(=O)OCCOc1ccc(C=O)cc1. The van der Waals surface area contributed by atoms with E-state index in [0.717, 1.165) is 19.1 Å². The molecule has 0 bridgehead atoms. The van der Waals surface area contributed by atoms with Crippen molar-refractivity contribution >= 4 is 12.3 Å². The summed E-state index contributed by atoms with van der Waals surface area (Å²) in [6.07, 6.45) is 9.60. The Morgan fingerprint density at radius 1 is 0.957 bits per heavy atom. The largest absolute Gasteiger partial charge is 0.490 e. The zero-order valence-electron chi connectivity index (χ0n) is 14.1. The number of rotatable bonds is 13. The second-order valence-electron chi connectivity index (χ2n) is 5.63. The number of carbonyl (C=O) groups is 2. The van der Waals surface area contributed by atoms with Crippen LogP contribution in [0, 0.1) is 0 Å². The van der Waals surface area contributed by atoms with Crippen molar-refractivity contribution in [3.63, 3.8) is 0 Å². The molecule has 0 fully saturated rings. The van der Waals surface area contributed by atoms with Crippen LogP contribution in [0.1, 0.15) is 68.6 Å². The first-order valence-electron chi connectivity index (χ1n) is 8.60. The number of unbranched alkanes of at least 4 members (excludes halogenated alkanes) is 6. The Labute approximate surface area is 139 Å². The van der Waals surface area contributed by atoms with Crippen molar-refractivity contribution in [3.05, 3.63) is 29.8 Å². The number of benzene rings is 1. The molecule has 0 aromatic heterocycles. The quantitative estimate of drug-likeness (QED) is 0.304. The van der Waals surface area contributed by atoms with E-state index in [1.807, 2.05) is 0 Å². The summed E-state index contributed by atoms with van der Waals surface area (Å²) in [7, 11) is 0. The van der Waals surface area contributed by atoms with Crippen LogP contribution in [0.3, 0.4) is 0 Å². The molecular weight excluding hydrogens is 292 g/mol. The van der Waals surface area contributed by atoms with Crippen molar-refractivity contribution in [3.8, 4) is 5.75 Å². The number of esters is 1. The predicted octanol–water partition coefficient (Wildman–Crippen LogP) is 4.56. The second kappa shape index (κ2) is 12.7. The van der Waals surface area contributed by atoms with Crippen LogP contribution in [-0.4, -0.2) is 25.5 Å².